The molecule has 0 aliphatic heterocycles. The van der Waals surface area contributed by atoms with Crippen molar-refractivity contribution < 1.29 is 12.8 Å². The molecule has 0 aliphatic rings. The summed E-state index contributed by atoms with van der Waals surface area (Å²) >= 11 is 5.94. The van der Waals surface area contributed by atoms with Gasteiger partial charge in [0.1, 0.15) is 5.82 Å². The molecule has 0 saturated carbocycles. The summed E-state index contributed by atoms with van der Waals surface area (Å²) in [7, 11) is -3.97. The number of benzene rings is 2. The summed E-state index contributed by atoms with van der Waals surface area (Å²) in [6.07, 6.45) is 0. The molecule has 29 heavy (non-hydrogen) atoms. The van der Waals surface area contributed by atoms with Crippen LogP contribution in [-0.4, -0.2) is 29.0 Å². The Hall–Kier alpha value is -2.36. The SMILES string of the molecule is Cc1cc(Cl)ccc1S(=O)(=O)N[C@H](c1nn[nH]n1)[C@H](C)c1c(F)ccc(C)c1C. The van der Waals surface area contributed by atoms with Crippen molar-refractivity contribution >= 4 is 21.6 Å². The summed E-state index contributed by atoms with van der Waals surface area (Å²) in [4.78, 5) is 0.0732. The van der Waals surface area contributed by atoms with Crippen LogP contribution in [0.1, 0.15) is 47.0 Å². The lowest BCUT2D eigenvalue weighted by Crippen LogP contribution is -2.33. The van der Waals surface area contributed by atoms with Gasteiger partial charge in [0.25, 0.3) is 0 Å². The van der Waals surface area contributed by atoms with Crippen molar-refractivity contribution in [1.82, 2.24) is 25.3 Å². The monoisotopic (exact) mass is 437 g/mol. The highest BCUT2D eigenvalue weighted by molar-refractivity contribution is 7.89. The fourth-order valence-electron chi connectivity index (χ4n) is 3.35. The lowest BCUT2D eigenvalue weighted by molar-refractivity contribution is 0.478. The van der Waals surface area contributed by atoms with Crippen molar-refractivity contribution in [3.05, 3.63) is 69.2 Å². The maximum atomic E-state index is 14.7. The molecule has 3 aromatic rings. The van der Waals surface area contributed by atoms with Crippen LogP contribution in [0.25, 0.3) is 0 Å². The molecule has 0 bridgehead atoms. The maximum absolute atomic E-state index is 14.7. The number of aromatic amines is 1. The number of rotatable bonds is 6. The molecular weight excluding hydrogens is 417 g/mol. The lowest BCUT2D eigenvalue weighted by Gasteiger charge is -2.25. The Bertz CT molecular complexity index is 1140. The zero-order chi connectivity index (χ0) is 21.3. The molecule has 1 heterocycles. The molecule has 10 heteroatoms. The van der Waals surface area contributed by atoms with E-state index in [1.54, 1.807) is 32.9 Å². The summed E-state index contributed by atoms with van der Waals surface area (Å²) in [5.74, 6) is -0.904. The molecule has 0 unspecified atom stereocenters. The van der Waals surface area contributed by atoms with Crippen molar-refractivity contribution in [2.45, 2.75) is 44.6 Å². The minimum atomic E-state index is -3.97. The number of nitrogens with one attached hydrogen (secondary N) is 2. The van der Waals surface area contributed by atoms with E-state index in [0.29, 0.717) is 16.1 Å². The Kier molecular flexibility index (Phi) is 6.02. The van der Waals surface area contributed by atoms with Crippen LogP contribution < -0.4 is 4.72 Å². The molecule has 2 aromatic carbocycles. The number of aromatic nitrogens is 4. The summed E-state index contributed by atoms with van der Waals surface area (Å²) in [6.45, 7) is 7.05. The van der Waals surface area contributed by atoms with E-state index in [2.05, 4.69) is 25.3 Å². The van der Waals surface area contributed by atoms with Crippen molar-refractivity contribution in [3.63, 3.8) is 0 Å². The van der Waals surface area contributed by atoms with Crippen molar-refractivity contribution in [3.8, 4) is 0 Å². The molecule has 0 aliphatic carbocycles. The summed E-state index contributed by atoms with van der Waals surface area (Å²) in [5.41, 5.74) is 2.53. The zero-order valence-corrected chi connectivity index (χ0v) is 17.9. The standard InChI is InChI=1S/C19H21ClFN5O2S/c1-10-5-7-15(21)17(12(10)3)13(4)18(19-22-25-26-23-19)24-29(27,28)16-8-6-14(20)9-11(16)2/h5-9,13,18,24H,1-4H3,(H,22,23,25,26)/t13-,18+/m1/s1. The second kappa shape index (κ2) is 8.17. The molecule has 0 spiro atoms. The fraction of sp³-hybridized carbons (Fsp3) is 0.316. The number of sulfonamides is 1. The third-order valence-corrected chi connectivity index (χ3v) is 6.87. The molecule has 0 amide bonds. The van der Waals surface area contributed by atoms with Gasteiger partial charge >= 0.3 is 0 Å². The van der Waals surface area contributed by atoms with Crippen molar-refractivity contribution in [1.29, 1.82) is 0 Å². The highest BCUT2D eigenvalue weighted by Crippen LogP contribution is 2.35. The topological polar surface area (TPSA) is 101 Å². The molecule has 2 N–H and O–H groups in total. The molecule has 0 radical (unpaired) electrons. The van der Waals surface area contributed by atoms with Crippen LogP contribution in [0, 0.1) is 26.6 Å². The molecule has 154 valence electrons. The van der Waals surface area contributed by atoms with Crippen LogP contribution in [-0.2, 0) is 10.0 Å². The first-order chi connectivity index (χ1) is 13.6. The first kappa shape index (κ1) is 21.4. The smallest absolute Gasteiger partial charge is 0.207 e. The second-order valence-electron chi connectivity index (χ2n) is 6.97. The number of tetrazole rings is 1. The number of hydrogen-bond donors (Lipinski definition) is 2. The summed E-state index contributed by atoms with van der Waals surface area (Å²) in [5, 5.41) is 14.2. The second-order valence-corrected chi connectivity index (χ2v) is 9.09. The van der Waals surface area contributed by atoms with Crippen LogP contribution in [0.4, 0.5) is 4.39 Å². The van der Waals surface area contributed by atoms with Gasteiger partial charge in [0.15, 0.2) is 5.82 Å². The number of halogens is 2. The van der Waals surface area contributed by atoms with Crippen LogP contribution >= 0.6 is 11.6 Å². The first-order valence-corrected chi connectivity index (χ1v) is 10.8. The van der Waals surface area contributed by atoms with Gasteiger partial charge in [0.05, 0.1) is 10.9 Å². The number of H-pyrrole nitrogens is 1. The van der Waals surface area contributed by atoms with E-state index in [4.69, 9.17) is 11.6 Å². The van der Waals surface area contributed by atoms with Gasteiger partial charge in [0.2, 0.25) is 10.0 Å². The molecule has 0 fully saturated rings. The Labute approximate surface area is 173 Å². The molecule has 2 atom stereocenters. The maximum Gasteiger partial charge on any atom is 0.241 e. The quantitative estimate of drug-likeness (QED) is 0.611. The fourth-order valence-corrected chi connectivity index (χ4v) is 5.08. The van der Waals surface area contributed by atoms with Gasteiger partial charge in [0, 0.05) is 10.9 Å². The third kappa shape index (κ3) is 4.31. The molecule has 1 aromatic heterocycles. The average molecular weight is 438 g/mol. The van der Waals surface area contributed by atoms with E-state index in [0.717, 1.165) is 11.1 Å². The van der Waals surface area contributed by atoms with E-state index in [-0.39, 0.29) is 10.7 Å². The van der Waals surface area contributed by atoms with E-state index < -0.39 is 27.8 Å². The lowest BCUT2D eigenvalue weighted by atomic mass is 9.88. The van der Waals surface area contributed by atoms with Gasteiger partial charge in [-0.05, 0) is 67.3 Å². The summed E-state index contributed by atoms with van der Waals surface area (Å²) < 4.78 is 43.5. The molecule has 7 nitrogen and oxygen atoms in total. The van der Waals surface area contributed by atoms with E-state index in [9.17, 15) is 12.8 Å². The van der Waals surface area contributed by atoms with Crippen LogP contribution in [0.2, 0.25) is 5.02 Å². The van der Waals surface area contributed by atoms with Gasteiger partial charge in [-0.2, -0.15) is 9.94 Å². The Balaban J connectivity index is 2.07. The van der Waals surface area contributed by atoms with E-state index >= 15 is 0 Å². The Morgan fingerprint density at radius 3 is 2.48 bits per heavy atom. The van der Waals surface area contributed by atoms with Gasteiger partial charge in [-0.3, -0.25) is 0 Å². The minimum absolute atomic E-state index is 0.0732. The van der Waals surface area contributed by atoms with Crippen LogP contribution in [0.5, 0.6) is 0 Å². The highest BCUT2D eigenvalue weighted by atomic mass is 35.5. The number of hydrogen-bond acceptors (Lipinski definition) is 5. The zero-order valence-electron chi connectivity index (χ0n) is 16.4. The number of aryl methyl sites for hydroxylation is 2. The molecule has 3 rings (SSSR count). The predicted octanol–water partition coefficient (Wildman–Crippen LogP) is 3.74. The Morgan fingerprint density at radius 1 is 1.14 bits per heavy atom. The van der Waals surface area contributed by atoms with Gasteiger partial charge in [-0.25, -0.2) is 12.8 Å². The van der Waals surface area contributed by atoms with E-state index in [1.165, 1.54) is 18.2 Å². The summed E-state index contributed by atoms with van der Waals surface area (Å²) in [6, 6.07) is 6.61. The van der Waals surface area contributed by atoms with Crippen molar-refractivity contribution in [2.75, 3.05) is 0 Å². The van der Waals surface area contributed by atoms with E-state index in [1.807, 2.05) is 6.92 Å². The van der Waals surface area contributed by atoms with Crippen LogP contribution in [0.3, 0.4) is 0 Å². The number of nitrogens with zero attached hydrogens (tertiary/aromatic N) is 3. The Morgan fingerprint density at radius 2 is 1.86 bits per heavy atom. The highest BCUT2D eigenvalue weighted by Gasteiger charge is 2.33. The average Bonchev–Trinajstić information content (AvgIpc) is 3.17. The van der Waals surface area contributed by atoms with Gasteiger partial charge in [-0.1, -0.05) is 29.8 Å². The largest absolute Gasteiger partial charge is 0.241 e. The van der Waals surface area contributed by atoms with Gasteiger partial charge in [-0.15, -0.1) is 10.2 Å². The third-order valence-electron chi connectivity index (χ3n) is 5.04. The predicted molar refractivity (Wildman–Crippen MR) is 108 cm³/mol. The minimum Gasteiger partial charge on any atom is -0.207 e. The molecular formula is C19H21ClFN5O2S. The van der Waals surface area contributed by atoms with Gasteiger partial charge < -0.3 is 0 Å². The normalized spacial score (nSPS) is 14.0. The van der Waals surface area contributed by atoms with Crippen molar-refractivity contribution in [2.24, 2.45) is 0 Å². The molecule has 0 saturated heterocycles. The van der Waals surface area contributed by atoms with Crippen LogP contribution in [0.15, 0.2) is 35.2 Å². The first-order valence-electron chi connectivity index (χ1n) is 8.89.